The van der Waals surface area contributed by atoms with Gasteiger partial charge < -0.3 is 15.4 Å². The van der Waals surface area contributed by atoms with Crippen molar-refractivity contribution in [2.45, 2.75) is 39.0 Å². The number of carboxylic acid groups (broad SMARTS) is 1. The highest BCUT2D eigenvalue weighted by atomic mass is 32.1. The lowest BCUT2D eigenvalue weighted by atomic mass is 9.86. The number of benzene rings is 2. The van der Waals surface area contributed by atoms with E-state index in [1.165, 1.54) is 17.2 Å². The van der Waals surface area contributed by atoms with Crippen LogP contribution in [0.4, 0.5) is 11.4 Å². The zero-order valence-electron chi connectivity index (χ0n) is 19.7. The number of phenolic OH excluding ortho intramolecular Hbond substituents is 1. The smallest absolute Gasteiger partial charge is 0.345 e. The Labute approximate surface area is 207 Å². The maximum atomic E-state index is 13.7. The molecule has 0 saturated carbocycles. The van der Waals surface area contributed by atoms with E-state index >= 15 is 0 Å². The predicted octanol–water partition coefficient (Wildman–Crippen LogP) is 5.71. The number of hydrazone groups is 1. The van der Waals surface area contributed by atoms with Gasteiger partial charge in [0.25, 0.3) is 0 Å². The molecular weight excluding hydrogens is 464 g/mol. The van der Waals surface area contributed by atoms with E-state index in [1.54, 1.807) is 31.2 Å². The van der Waals surface area contributed by atoms with E-state index in [1.807, 2.05) is 18.2 Å². The van der Waals surface area contributed by atoms with Crippen molar-refractivity contribution in [1.82, 2.24) is 4.76 Å². The molecule has 5 rings (SSSR count). The van der Waals surface area contributed by atoms with Crippen molar-refractivity contribution in [3.05, 3.63) is 69.7 Å². The first kappa shape index (κ1) is 23.2. The Morgan fingerprint density at radius 3 is 2.77 bits per heavy atom. The molecule has 3 N–H and O–H groups in total. The minimum Gasteiger partial charge on any atom is -0.599 e. The molecule has 9 heteroatoms. The number of hydrogen-bond acceptors (Lipinski definition) is 7. The molecule has 2 aromatic carbocycles. The number of phenols is 1. The Bertz CT molecular complexity index is 1410. The van der Waals surface area contributed by atoms with E-state index in [4.69, 9.17) is 0 Å². The summed E-state index contributed by atoms with van der Waals surface area (Å²) in [7, 11) is 0. The Morgan fingerprint density at radius 1 is 1.23 bits per heavy atom. The van der Waals surface area contributed by atoms with Gasteiger partial charge in [0.2, 0.25) is 0 Å². The summed E-state index contributed by atoms with van der Waals surface area (Å²) in [5.41, 5.74) is 7.88. The van der Waals surface area contributed by atoms with Crippen LogP contribution in [0, 0.1) is 5.21 Å². The molecule has 3 aromatic rings. The molecule has 0 fully saturated rings. The summed E-state index contributed by atoms with van der Waals surface area (Å²) in [5.74, 6) is -1.06. The molecule has 1 unspecified atom stereocenters. The second kappa shape index (κ2) is 8.30. The number of fused-ring (bicyclic) bond motifs is 1. The van der Waals surface area contributed by atoms with Crippen molar-refractivity contribution >= 4 is 40.1 Å². The number of aryl methyl sites for hydroxylation is 1. The van der Waals surface area contributed by atoms with Crippen molar-refractivity contribution in [3.63, 3.8) is 0 Å². The standard InChI is InChI=1S/C26H26N4O4S/c1-15-21(14-30(34,29-15)17-8-7-16-11-12-26(2,3)19(16)13-17)28-27-20-6-4-5-18(24(20)31)22-9-10-23(35-22)25(32)33/h4-10,13,27,31H,11-12,14H2,1-3H3,(H,32,33). The number of anilines is 1. The molecule has 1 aliphatic heterocycles. The number of carboxylic acids is 1. The molecular formula is C26H26N4O4S. The average Bonchev–Trinajstić information content (AvgIpc) is 3.50. The van der Waals surface area contributed by atoms with Crippen LogP contribution in [0.3, 0.4) is 0 Å². The number of aromatic hydroxyl groups is 1. The van der Waals surface area contributed by atoms with Gasteiger partial charge in [-0.3, -0.25) is 5.43 Å². The van der Waals surface area contributed by atoms with Crippen molar-refractivity contribution in [2.24, 2.45) is 10.2 Å². The van der Waals surface area contributed by atoms with Gasteiger partial charge in [0.1, 0.15) is 22.1 Å². The molecule has 0 radical (unpaired) electrons. The largest absolute Gasteiger partial charge is 0.599 e. The number of nitrogens with one attached hydrogen (secondary N) is 1. The number of hydrogen-bond donors (Lipinski definition) is 3. The number of carbonyl (C=O) groups is 1. The van der Waals surface area contributed by atoms with E-state index in [9.17, 15) is 20.2 Å². The number of quaternary nitrogens is 1. The number of thiophene rings is 1. The van der Waals surface area contributed by atoms with Crippen LogP contribution in [0.2, 0.25) is 0 Å². The maximum absolute atomic E-state index is 13.7. The number of nitrogens with zero attached hydrogens (tertiary/aromatic N) is 3. The molecule has 0 spiro atoms. The van der Waals surface area contributed by atoms with Crippen LogP contribution in [0.5, 0.6) is 5.75 Å². The second-order valence-electron chi connectivity index (χ2n) is 9.61. The highest BCUT2D eigenvalue weighted by molar-refractivity contribution is 7.17. The first-order chi connectivity index (χ1) is 16.6. The second-order valence-corrected chi connectivity index (χ2v) is 10.7. The lowest BCUT2D eigenvalue weighted by Gasteiger charge is -2.32. The molecule has 35 heavy (non-hydrogen) atoms. The fourth-order valence-corrected chi connectivity index (χ4v) is 5.56. The Kier molecular flexibility index (Phi) is 5.51. The van der Waals surface area contributed by atoms with Crippen LogP contribution in [0.1, 0.15) is 48.0 Å². The average molecular weight is 491 g/mol. The van der Waals surface area contributed by atoms with E-state index in [0.29, 0.717) is 33.2 Å². The third-order valence-electron chi connectivity index (χ3n) is 6.77. The van der Waals surface area contributed by atoms with Gasteiger partial charge in [-0.25, -0.2) is 4.79 Å². The predicted molar refractivity (Wildman–Crippen MR) is 140 cm³/mol. The van der Waals surface area contributed by atoms with Crippen molar-refractivity contribution in [3.8, 4) is 16.2 Å². The van der Waals surface area contributed by atoms with Gasteiger partial charge in [-0.1, -0.05) is 31.1 Å². The van der Waals surface area contributed by atoms with Crippen LogP contribution < -0.4 is 10.2 Å². The van der Waals surface area contributed by atoms with Crippen LogP contribution in [0.15, 0.2) is 58.7 Å². The summed E-state index contributed by atoms with van der Waals surface area (Å²) in [6, 6.07) is 14.2. The maximum Gasteiger partial charge on any atom is 0.345 e. The normalized spacial score (nSPS) is 21.7. The fourth-order valence-electron chi connectivity index (χ4n) is 4.69. The molecule has 2 aliphatic rings. The van der Waals surface area contributed by atoms with Gasteiger partial charge in [0.15, 0.2) is 12.2 Å². The van der Waals surface area contributed by atoms with Crippen LogP contribution in [-0.2, 0) is 11.8 Å². The molecule has 1 aliphatic carbocycles. The Hall–Kier alpha value is -3.53. The van der Waals surface area contributed by atoms with E-state index in [0.717, 1.165) is 24.2 Å². The fraction of sp³-hybridized carbons (Fsp3) is 0.269. The van der Waals surface area contributed by atoms with E-state index < -0.39 is 10.7 Å². The van der Waals surface area contributed by atoms with E-state index in [2.05, 4.69) is 29.5 Å². The van der Waals surface area contributed by atoms with E-state index in [-0.39, 0.29) is 22.6 Å². The molecule has 0 bridgehead atoms. The first-order valence-corrected chi connectivity index (χ1v) is 12.2. The highest BCUT2D eigenvalue weighted by Gasteiger charge is 2.36. The summed E-state index contributed by atoms with van der Waals surface area (Å²) in [5, 5.41) is 42.4. The number of para-hydroxylation sites is 1. The molecule has 0 amide bonds. The minimum atomic E-state index is -1.01. The van der Waals surface area contributed by atoms with Crippen molar-refractivity contribution in [2.75, 3.05) is 12.0 Å². The van der Waals surface area contributed by atoms with Crippen LogP contribution in [-0.4, -0.2) is 34.2 Å². The molecule has 2 heterocycles. The minimum absolute atomic E-state index is 0.0395. The molecule has 180 valence electrons. The zero-order chi connectivity index (χ0) is 25.0. The SMILES string of the molecule is CC1=N[N+]([O-])(c2ccc3c(c2)C(C)(C)CC3)CC1=NNc1cccc(-c2ccc(C(=O)O)s2)c1O. The third-order valence-corrected chi connectivity index (χ3v) is 7.87. The van der Waals surface area contributed by atoms with Crippen LogP contribution >= 0.6 is 11.3 Å². The van der Waals surface area contributed by atoms with Gasteiger partial charge in [0.05, 0.1) is 5.69 Å². The van der Waals surface area contributed by atoms with Gasteiger partial charge in [0, 0.05) is 22.6 Å². The molecule has 8 nitrogen and oxygen atoms in total. The molecule has 0 saturated heterocycles. The van der Waals surface area contributed by atoms with Crippen molar-refractivity contribution in [1.29, 1.82) is 0 Å². The van der Waals surface area contributed by atoms with Gasteiger partial charge >= 0.3 is 5.97 Å². The summed E-state index contributed by atoms with van der Waals surface area (Å²) in [4.78, 5) is 12.0. The number of hydroxylamine groups is 1. The van der Waals surface area contributed by atoms with Crippen LogP contribution in [0.25, 0.3) is 10.4 Å². The Balaban J connectivity index is 1.39. The van der Waals surface area contributed by atoms with Crippen molar-refractivity contribution < 1.29 is 15.0 Å². The molecule has 1 atom stereocenters. The van der Waals surface area contributed by atoms with Gasteiger partial charge in [-0.05, 0) is 60.6 Å². The summed E-state index contributed by atoms with van der Waals surface area (Å²) in [6.07, 6.45) is 2.08. The topological polar surface area (TPSA) is 117 Å². The van der Waals surface area contributed by atoms with Gasteiger partial charge in [-0.2, -0.15) is 9.86 Å². The molecule has 1 aromatic heterocycles. The summed E-state index contributed by atoms with van der Waals surface area (Å²) < 4.78 is -0.852. The number of aromatic carboxylic acids is 1. The quantitative estimate of drug-likeness (QED) is 0.183. The lowest BCUT2D eigenvalue weighted by Crippen LogP contribution is -2.37. The summed E-state index contributed by atoms with van der Waals surface area (Å²) in [6.45, 7) is 6.20. The zero-order valence-corrected chi connectivity index (χ0v) is 20.5. The first-order valence-electron chi connectivity index (χ1n) is 11.4. The summed E-state index contributed by atoms with van der Waals surface area (Å²) >= 11 is 1.08. The van der Waals surface area contributed by atoms with Gasteiger partial charge in [-0.15, -0.1) is 11.3 Å². The number of rotatable bonds is 5. The Morgan fingerprint density at radius 2 is 2.03 bits per heavy atom. The monoisotopic (exact) mass is 490 g/mol. The lowest BCUT2D eigenvalue weighted by molar-refractivity contribution is 0.0702. The third kappa shape index (κ3) is 4.12. The highest BCUT2D eigenvalue weighted by Crippen LogP contribution is 2.42.